The number of aromatic nitrogens is 4. The number of aryl methyl sites for hydroxylation is 1. The van der Waals surface area contributed by atoms with Crippen molar-refractivity contribution in [1.29, 1.82) is 0 Å². The Hall–Kier alpha value is -2.48. The van der Waals surface area contributed by atoms with E-state index in [4.69, 9.17) is 9.72 Å². The molecule has 2 aromatic rings. The Morgan fingerprint density at radius 2 is 2.35 bits per heavy atom. The Morgan fingerprint density at radius 3 is 3.19 bits per heavy atom. The summed E-state index contributed by atoms with van der Waals surface area (Å²) in [5.74, 6) is 0.746. The van der Waals surface area contributed by atoms with Crippen LogP contribution in [0.3, 0.4) is 0 Å². The average Bonchev–Trinajstić information content (AvgIpc) is 3.06. The van der Waals surface area contributed by atoms with Crippen molar-refractivity contribution in [3.8, 4) is 0 Å². The van der Waals surface area contributed by atoms with Crippen LogP contribution in [-0.4, -0.2) is 51.4 Å². The Morgan fingerprint density at radius 1 is 1.42 bits per heavy atom. The van der Waals surface area contributed by atoms with E-state index in [9.17, 15) is 4.79 Å². The van der Waals surface area contributed by atoms with Crippen molar-refractivity contribution in [2.75, 3.05) is 24.6 Å². The summed E-state index contributed by atoms with van der Waals surface area (Å²) >= 11 is 0. The summed E-state index contributed by atoms with van der Waals surface area (Å²) in [7, 11) is 0. The van der Waals surface area contributed by atoms with Crippen molar-refractivity contribution in [1.82, 2.24) is 25.1 Å². The zero-order chi connectivity index (χ0) is 17.9. The largest absolute Gasteiger partial charge is 0.376 e. The van der Waals surface area contributed by atoms with E-state index in [2.05, 4.69) is 20.3 Å². The van der Waals surface area contributed by atoms with Crippen molar-refractivity contribution in [3.63, 3.8) is 0 Å². The number of nitrogens with zero attached hydrogens (tertiary/aromatic N) is 5. The van der Waals surface area contributed by atoms with E-state index in [1.165, 1.54) is 0 Å². The minimum atomic E-state index is -0.0107. The molecule has 2 aliphatic heterocycles. The van der Waals surface area contributed by atoms with Crippen molar-refractivity contribution in [2.24, 2.45) is 0 Å². The fraction of sp³-hybridized carbons (Fsp3) is 0.556. The molecule has 1 N–H and O–H groups in total. The molecule has 1 saturated heterocycles. The second-order valence-electron chi connectivity index (χ2n) is 7.01. The van der Waals surface area contributed by atoms with Gasteiger partial charge in [0.1, 0.15) is 6.54 Å². The van der Waals surface area contributed by atoms with Gasteiger partial charge in [0.05, 0.1) is 25.1 Å². The van der Waals surface area contributed by atoms with Crippen LogP contribution in [0.25, 0.3) is 0 Å². The molecule has 2 aliphatic rings. The van der Waals surface area contributed by atoms with Gasteiger partial charge in [0.25, 0.3) is 0 Å². The summed E-state index contributed by atoms with van der Waals surface area (Å²) in [4.78, 5) is 23.7. The maximum absolute atomic E-state index is 12.3. The van der Waals surface area contributed by atoms with Crippen LogP contribution in [0, 0.1) is 6.92 Å². The van der Waals surface area contributed by atoms with E-state index in [1.807, 2.05) is 19.3 Å². The third-order valence-electron chi connectivity index (χ3n) is 4.82. The molecular formula is C18H24N6O2. The molecule has 1 unspecified atom stereocenters. The van der Waals surface area contributed by atoms with Gasteiger partial charge in [0, 0.05) is 43.5 Å². The molecule has 4 rings (SSSR count). The summed E-state index contributed by atoms with van der Waals surface area (Å²) in [5, 5.41) is 7.29. The molecule has 0 radical (unpaired) electrons. The normalized spacial score (nSPS) is 19.9. The highest BCUT2D eigenvalue weighted by Crippen LogP contribution is 2.20. The van der Waals surface area contributed by atoms with Gasteiger partial charge in [-0.2, -0.15) is 5.10 Å². The summed E-state index contributed by atoms with van der Waals surface area (Å²) in [6, 6.07) is 0.107. The van der Waals surface area contributed by atoms with Crippen molar-refractivity contribution >= 4 is 11.9 Å². The quantitative estimate of drug-likeness (QED) is 0.874. The summed E-state index contributed by atoms with van der Waals surface area (Å²) in [6.45, 7) is 5.18. The van der Waals surface area contributed by atoms with Gasteiger partial charge in [-0.3, -0.25) is 9.48 Å². The zero-order valence-corrected chi connectivity index (χ0v) is 15.0. The van der Waals surface area contributed by atoms with Crippen LogP contribution in [0.1, 0.15) is 29.7 Å². The molecule has 138 valence electrons. The first-order valence-electron chi connectivity index (χ1n) is 9.13. The van der Waals surface area contributed by atoms with Crippen LogP contribution in [0.2, 0.25) is 0 Å². The zero-order valence-electron chi connectivity index (χ0n) is 15.0. The monoisotopic (exact) mass is 356 g/mol. The number of carbonyl (C=O) groups excluding carboxylic acids is 1. The third kappa shape index (κ3) is 3.85. The number of carbonyl (C=O) groups is 1. The number of anilines is 1. The van der Waals surface area contributed by atoms with Gasteiger partial charge in [-0.25, -0.2) is 9.97 Å². The third-order valence-corrected chi connectivity index (χ3v) is 4.82. The predicted octanol–water partition coefficient (Wildman–Crippen LogP) is 0.839. The number of rotatable bonds is 4. The van der Waals surface area contributed by atoms with E-state index in [0.717, 1.165) is 61.7 Å². The second-order valence-corrected chi connectivity index (χ2v) is 7.01. The van der Waals surface area contributed by atoms with E-state index >= 15 is 0 Å². The van der Waals surface area contributed by atoms with Gasteiger partial charge < -0.3 is 15.0 Å². The number of piperidine rings is 1. The van der Waals surface area contributed by atoms with Crippen LogP contribution in [-0.2, 0) is 29.1 Å². The standard InChI is InChI=1S/C18H24N6O2/c1-13-7-20-24(9-13)11-17(25)21-15-3-2-5-23(10-15)18-19-8-14-12-26-6-4-16(14)22-18/h7-9,15H,2-6,10-12H2,1H3,(H,21,25). The van der Waals surface area contributed by atoms with Gasteiger partial charge in [0.2, 0.25) is 11.9 Å². The molecule has 0 saturated carbocycles. The Bertz CT molecular complexity index is 790. The van der Waals surface area contributed by atoms with E-state index in [1.54, 1.807) is 10.9 Å². The summed E-state index contributed by atoms with van der Waals surface area (Å²) < 4.78 is 7.11. The Balaban J connectivity index is 1.37. The first-order valence-corrected chi connectivity index (χ1v) is 9.13. The van der Waals surface area contributed by atoms with Gasteiger partial charge >= 0.3 is 0 Å². The summed E-state index contributed by atoms with van der Waals surface area (Å²) in [6.07, 6.45) is 8.32. The molecule has 0 aliphatic carbocycles. The fourth-order valence-corrected chi connectivity index (χ4v) is 3.52. The molecule has 8 nitrogen and oxygen atoms in total. The van der Waals surface area contributed by atoms with Gasteiger partial charge in [-0.15, -0.1) is 0 Å². The van der Waals surface area contributed by atoms with Crippen LogP contribution in [0.4, 0.5) is 5.95 Å². The number of hydrogen-bond donors (Lipinski definition) is 1. The molecule has 1 fully saturated rings. The topological polar surface area (TPSA) is 85.2 Å². The Labute approximate surface area is 152 Å². The van der Waals surface area contributed by atoms with Crippen molar-refractivity contribution in [2.45, 2.75) is 45.4 Å². The van der Waals surface area contributed by atoms with Gasteiger partial charge in [0.15, 0.2) is 0 Å². The van der Waals surface area contributed by atoms with Crippen molar-refractivity contribution < 1.29 is 9.53 Å². The lowest BCUT2D eigenvalue weighted by Crippen LogP contribution is -2.49. The second kappa shape index (κ2) is 7.41. The van der Waals surface area contributed by atoms with Crippen LogP contribution in [0.15, 0.2) is 18.6 Å². The Kier molecular flexibility index (Phi) is 4.83. The minimum absolute atomic E-state index is 0.0107. The molecule has 0 aromatic carbocycles. The van der Waals surface area contributed by atoms with E-state index in [0.29, 0.717) is 6.61 Å². The first kappa shape index (κ1) is 17.0. The molecule has 2 aromatic heterocycles. The molecule has 26 heavy (non-hydrogen) atoms. The summed E-state index contributed by atoms with van der Waals surface area (Å²) in [5.41, 5.74) is 3.22. The predicted molar refractivity (Wildman–Crippen MR) is 95.7 cm³/mol. The lowest BCUT2D eigenvalue weighted by atomic mass is 10.1. The lowest BCUT2D eigenvalue weighted by Gasteiger charge is -2.33. The van der Waals surface area contributed by atoms with Crippen LogP contribution >= 0.6 is 0 Å². The highest BCUT2D eigenvalue weighted by Gasteiger charge is 2.24. The maximum Gasteiger partial charge on any atom is 0.242 e. The highest BCUT2D eigenvalue weighted by molar-refractivity contribution is 5.76. The number of amides is 1. The lowest BCUT2D eigenvalue weighted by molar-refractivity contribution is -0.122. The van der Waals surface area contributed by atoms with E-state index in [-0.39, 0.29) is 18.5 Å². The highest BCUT2D eigenvalue weighted by atomic mass is 16.5. The number of ether oxygens (including phenoxy) is 1. The van der Waals surface area contributed by atoms with E-state index < -0.39 is 0 Å². The van der Waals surface area contributed by atoms with Gasteiger partial charge in [-0.1, -0.05) is 0 Å². The molecule has 0 bridgehead atoms. The first-order chi connectivity index (χ1) is 12.7. The van der Waals surface area contributed by atoms with Crippen molar-refractivity contribution in [3.05, 3.63) is 35.4 Å². The van der Waals surface area contributed by atoms with Crippen LogP contribution < -0.4 is 10.2 Å². The minimum Gasteiger partial charge on any atom is -0.376 e. The molecule has 4 heterocycles. The molecule has 1 amide bonds. The number of hydrogen-bond acceptors (Lipinski definition) is 6. The number of nitrogens with one attached hydrogen (secondary N) is 1. The van der Waals surface area contributed by atoms with Gasteiger partial charge in [-0.05, 0) is 25.3 Å². The van der Waals surface area contributed by atoms with Crippen LogP contribution in [0.5, 0.6) is 0 Å². The molecule has 8 heteroatoms. The fourth-order valence-electron chi connectivity index (χ4n) is 3.52. The number of fused-ring (bicyclic) bond motifs is 1. The molecule has 1 atom stereocenters. The average molecular weight is 356 g/mol. The SMILES string of the molecule is Cc1cnn(CC(=O)NC2CCCN(c3ncc4c(n3)CCOC4)C2)c1. The molecule has 0 spiro atoms. The smallest absolute Gasteiger partial charge is 0.242 e. The molecular weight excluding hydrogens is 332 g/mol. The maximum atomic E-state index is 12.3.